The van der Waals surface area contributed by atoms with Gasteiger partial charge in [0.15, 0.2) is 0 Å². The molecule has 1 aliphatic heterocycles. The number of hydrogen-bond donors (Lipinski definition) is 1. The highest BCUT2D eigenvalue weighted by Crippen LogP contribution is 2.33. The summed E-state index contributed by atoms with van der Waals surface area (Å²) in [6.07, 6.45) is 2.31. The zero-order valence-corrected chi connectivity index (χ0v) is 17.4. The Morgan fingerprint density at radius 1 is 1.07 bits per heavy atom. The molecule has 5 nitrogen and oxygen atoms in total. The molecule has 2 aromatic carbocycles. The summed E-state index contributed by atoms with van der Waals surface area (Å²) in [5, 5.41) is 11.3. The molecular formula is C22H23ClF2N4O. The summed E-state index contributed by atoms with van der Waals surface area (Å²) in [6, 6.07) is 9.39. The Morgan fingerprint density at radius 2 is 1.77 bits per heavy atom. The van der Waals surface area contributed by atoms with Crippen LogP contribution in [0, 0.1) is 11.6 Å². The van der Waals surface area contributed by atoms with E-state index in [2.05, 4.69) is 9.88 Å². The minimum absolute atomic E-state index is 0.320. The van der Waals surface area contributed by atoms with E-state index in [0.717, 1.165) is 0 Å². The standard InChI is InChI=1S/C22H23ClF2N4O/c1-27-9-8-26-22(27)21(30)15-4-2-7-19(25)20(15)29-12-10-28(11-13-29)14-16-17(23)5-3-6-18(16)24/h2-9,21,30H,10-14H2,1H3. The highest BCUT2D eigenvalue weighted by atomic mass is 35.5. The molecule has 1 atom stereocenters. The van der Waals surface area contributed by atoms with E-state index in [0.29, 0.717) is 60.4 Å². The third-order valence-corrected chi connectivity index (χ3v) is 5.90. The number of anilines is 1. The minimum atomic E-state index is -1.04. The number of benzene rings is 2. The van der Waals surface area contributed by atoms with Crippen molar-refractivity contribution in [2.45, 2.75) is 12.6 Å². The molecule has 4 rings (SSSR count). The molecule has 0 bridgehead atoms. The molecule has 1 saturated heterocycles. The van der Waals surface area contributed by atoms with E-state index in [1.807, 2.05) is 4.90 Å². The summed E-state index contributed by atoms with van der Waals surface area (Å²) in [6.45, 7) is 2.74. The third kappa shape index (κ3) is 4.05. The van der Waals surface area contributed by atoms with E-state index in [-0.39, 0.29) is 11.6 Å². The number of rotatable bonds is 5. The van der Waals surface area contributed by atoms with Crippen molar-refractivity contribution in [1.29, 1.82) is 0 Å². The molecule has 1 unspecified atom stereocenters. The van der Waals surface area contributed by atoms with E-state index in [1.165, 1.54) is 12.1 Å². The SMILES string of the molecule is Cn1ccnc1C(O)c1cccc(F)c1N1CCN(Cc2c(F)cccc2Cl)CC1. The highest BCUT2D eigenvalue weighted by molar-refractivity contribution is 6.31. The van der Waals surface area contributed by atoms with Gasteiger partial charge in [0.25, 0.3) is 0 Å². The van der Waals surface area contributed by atoms with Gasteiger partial charge in [-0.25, -0.2) is 13.8 Å². The van der Waals surface area contributed by atoms with Crippen molar-refractivity contribution in [3.8, 4) is 0 Å². The van der Waals surface area contributed by atoms with Crippen molar-refractivity contribution >= 4 is 17.3 Å². The van der Waals surface area contributed by atoms with Crippen molar-refractivity contribution in [2.75, 3.05) is 31.1 Å². The van der Waals surface area contributed by atoms with E-state index in [9.17, 15) is 13.9 Å². The summed E-state index contributed by atoms with van der Waals surface area (Å²) in [5.74, 6) is -0.249. The van der Waals surface area contributed by atoms with Gasteiger partial charge >= 0.3 is 0 Å². The fourth-order valence-corrected chi connectivity index (χ4v) is 4.13. The zero-order valence-electron chi connectivity index (χ0n) is 16.6. The topological polar surface area (TPSA) is 44.5 Å². The first-order valence-corrected chi connectivity index (χ1v) is 10.2. The van der Waals surface area contributed by atoms with Gasteiger partial charge in [-0.3, -0.25) is 4.90 Å². The Kier molecular flexibility index (Phi) is 6.04. The molecule has 2 heterocycles. The highest BCUT2D eigenvalue weighted by Gasteiger charge is 2.27. The van der Waals surface area contributed by atoms with Gasteiger partial charge in [-0.1, -0.05) is 29.8 Å². The molecule has 158 valence electrons. The summed E-state index contributed by atoms with van der Waals surface area (Å²) < 4.78 is 30.6. The quantitative estimate of drug-likeness (QED) is 0.667. The van der Waals surface area contributed by atoms with Crippen LogP contribution in [0.25, 0.3) is 0 Å². The van der Waals surface area contributed by atoms with Gasteiger partial charge in [0, 0.05) is 68.3 Å². The van der Waals surface area contributed by atoms with Crippen molar-refractivity contribution in [3.05, 3.63) is 82.4 Å². The normalized spacial score (nSPS) is 16.1. The van der Waals surface area contributed by atoms with Crippen LogP contribution >= 0.6 is 11.6 Å². The summed E-state index contributed by atoms with van der Waals surface area (Å²) in [4.78, 5) is 8.22. The molecule has 30 heavy (non-hydrogen) atoms. The van der Waals surface area contributed by atoms with Gasteiger partial charge in [0.2, 0.25) is 0 Å². The van der Waals surface area contributed by atoms with Crippen molar-refractivity contribution in [2.24, 2.45) is 7.05 Å². The van der Waals surface area contributed by atoms with Crippen molar-refractivity contribution in [3.63, 3.8) is 0 Å². The second kappa shape index (κ2) is 8.71. The lowest BCUT2D eigenvalue weighted by atomic mass is 10.0. The van der Waals surface area contributed by atoms with Crippen molar-refractivity contribution in [1.82, 2.24) is 14.5 Å². The third-order valence-electron chi connectivity index (χ3n) is 5.55. The monoisotopic (exact) mass is 432 g/mol. The minimum Gasteiger partial charge on any atom is -0.380 e. The maximum Gasteiger partial charge on any atom is 0.146 e. The Bertz CT molecular complexity index is 1010. The van der Waals surface area contributed by atoms with Gasteiger partial charge in [0.1, 0.15) is 23.6 Å². The van der Waals surface area contributed by atoms with E-state index in [4.69, 9.17) is 11.6 Å². The second-order valence-corrected chi connectivity index (χ2v) is 7.85. The van der Waals surface area contributed by atoms with Crippen molar-refractivity contribution < 1.29 is 13.9 Å². The fraction of sp³-hybridized carbons (Fsp3) is 0.318. The lowest BCUT2D eigenvalue weighted by molar-refractivity contribution is 0.205. The maximum atomic E-state index is 14.8. The molecule has 0 aliphatic carbocycles. The van der Waals surface area contributed by atoms with Crippen LogP contribution in [0.5, 0.6) is 0 Å². The zero-order chi connectivity index (χ0) is 21.3. The van der Waals surface area contributed by atoms with E-state index in [1.54, 1.807) is 48.3 Å². The summed E-state index contributed by atoms with van der Waals surface area (Å²) in [5.41, 5.74) is 1.34. The molecular weight excluding hydrogens is 410 g/mol. The molecule has 3 aromatic rings. The largest absolute Gasteiger partial charge is 0.380 e. The van der Waals surface area contributed by atoms with Crippen LogP contribution in [0.2, 0.25) is 5.02 Å². The molecule has 1 aromatic heterocycles. The molecule has 1 fully saturated rings. The number of imidazole rings is 1. The second-order valence-electron chi connectivity index (χ2n) is 7.44. The Morgan fingerprint density at radius 3 is 2.43 bits per heavy atom. The van der Waals surface area contributed by atoms with Crippen LogP contribution < -0.4 is 4.90 Å². The van der Waals surface area contributed by atoms with Crippen LogP contribution in [-0.4, -0.2) is 45.7 Å². The molecule has 1 N–H and O–H groups in total. The van der Waals surface area contributed by atoms with Crippen LogP contribution in [-0.2, 0) is 13.6 Å². The first-order chi connectivity index (χ1) is 14.5. The lowest BCUT2D eigenvalue weighted by Crippen LogP contribution is -2.46. The van der Waals surface area contributed by atoms with Crippen LogP contribution in [0.1, 0.15) is 23.1 Å². The number of aromatic nitrogens is 2. The fourth-order valence-electron chi connectivity index (χ4n) is 3.90. The molecule has 0 radical (unpaired) electrons. The van der Waals surface area contributed by atoms with Gasteiger partial charge in [-0.2, -0.15) is 0 Å². The van der Waals surface area contributed by atoms with Crippen LogP contribution in [0.4, 0.5) is 14.5 Å². The smallest absolute Gasteiger partial charge is 0.146 e. The number of nitrogens with zero attached hydrogens (tertiary/aromatic N) is 4. The van der Waals surface area contributed by atoms with Crippen LogP contribution in [0.15, 0.2) is 48.8 Å². The Labute approximate surface area is 179 Å². The molecule has 0 saturated carbocycles. The number of hydrogen-bond acceptors (Lipinski definition) is 4. The first kappa shape index (κ1) is 20.8. The van der Waals surface area contributed by atoms with Gasteiger partial charge in [0.05, 0.1) is 5.69 Å². The van der Waals surface area contributed by atoms with Crippen LogP contribution in [0.3, 0.4) is 0 Å². The summed E-state index contributed by atoms with van der Waals surface area (Å²) in [7, 11) is 1.79. The van der Waals surface area contributed by atoms with E-state index < -0.39 is 6.10 Å². The predicted molar refractivity (Wildman–Crippen MR) is 113 cm³/mol. The Balaban J connectivity index is 1.52. The van der Waals surface area contributed by atoms with Gasteiger partial charge in [-0.05, 0) is 18.2 Å². The molecule has 0 amide bonds. The predicted octanol–water partition coefficient (Wildman–Crippen LogP) is 3.76. The number of aryl methyl sites for hydroxylation is 1. The first-order valence-electron chi connectivity index (χ1n) is 9.79. The number of aliphatic hydroxyl groups is 1. The van der Waals surface area contributed by atoms with E-state index >= 15 is 0 Å². The Hall–Kier alpha value is -2.48. The number of aliphatic hydroxyl groups excluding tert-OH is 1. The summed E-state index contributed by atoms with van der Waals surface area (Å²) >= 11 is 6.15. The average Bonchev–Trinajstić information content (AvgIpc) is 3.16. The molecule has 8 heteroatoms. The van der Waals surface area contributed by atoms with Gasteiger partial charge < -0.3 is 14.6 Å². The van der Waals surface area contributed by atoms with Gasteiger partial charge in [-0.15, -0.1) is 0 Å². The lowest BCUT2D eigenvalue weighted by Gasteiger charge is -2.37. The molecule has 0 spiro atoms. The molecule has 1 aliphatic rings. The maximum absolute atomic E-state index is 14.8. The number of halogens is 3. The number of piperazine rings is 1. The number of para-hydroxylation sites is 1. The average molecular weight is 433 g/mol.